The van der Waals surface area contributed by atoms with E-state index in [0.717, 1.165) is 25.9 Å². The minimum absolute atomic E-state index is 0.0423. The summed E-state index contributed by atoms with van der Waals surface area (Å²) in [5.74, 6) is 0.642. The summed E-state index contributed by atoms with van der Waals surface area (Å²) in [5.41, 5.74) is 3.22. The molecule has 1 fully saturated rings. The Bertz CT molecular complexity index is 2070. The van der Waals surface area contributed by atoms with E-state index < -0.39 is 17.6 Å². The lowest BCUT2D eigenvalue weighted by atomic mass is 9.96. The molecule has 5 heterocycles. The number of nitriles is 1. The summed E-state index contributed by atoms with van der Waals surface area (Å²) in [6.07, 6.45) is 2.23. The fraction of sp³-hybridized carbons (Fsp3) is 0.278. The number of nitrogens with zero attached hydrogens (tertiary/aromatic N) is 8. The van der Waals surface area contributed by atoms with E-state index in [2.05, 4.69) is 33.1 Å². The Morgan fingerprint density at radius 2 is 1.81 bits per heavy atom. The number of fused-ring (bicyclic) bond motifs is 1. The van der Waals surface area contributed by atoms with Gasteiger partial charge < -0.3 is 4.57 Å². The van der Waals surface area contributed by atoms with Crippen LogP contribution in [0.5, 0.6) is 0 Å². The largest absolute Gasteiger partial charge is 0.416 e. The van der Waals surface area contributed by atoms with Crippen LogP contribution in [0.4, 0.5) is 19.0 Å². The molecule has 1 amide bonds. The molecular weight excluding hydrogens is 617 g/mol. The molecular formula is C36H31F3N8O. The molecule has 242 valence electrons. The number of hydrogen-bond donors (Lipinski definition) is 0. The number of carbonyl (C=O) groups is 1. The first-order chi connectivity index (χ1) is 23.1. The third-order valence-corrected chi connectivity index (χ3v) is 9.03. The van der Waals surface area contributed by atoms with Crippen LogP contribution >= 0.6 is 0 Å². The van der Waals surface area contributed by atoms with Crippen molar-refractivity contribution in [2.45, 2.75) is 39.0 Å². The zero-order valence-corrected chi connectivity index (χ0v) is 26.4. The average molecular weight is 649 g/mol. The fourth-order valence-corrected chi connectivity index (χ4v) is 6.74. The van der Waals surface area contributed by atoms with Crippen LogP contribution in [0.3, 0.4) is 0 Å². The molecule has 48 heavy (non-hydrogen) atoms. The number of likely N-dealkylation sites (tertiary alicyclic amines) is 1. The van der Waals surface area contributed by atoms with Crippen LogP contribution in [0.25, 0.3) is 33.8 Å². The van der Waals surface area contributed by atoms with Crippen LogP contribution in [0, 0.1) is 17.2 Å². The van der Waals surface area contributed by atoms with Crippen LogP contribution in [0.2, 0.25) is 0 Å². The SMILES string of the molecule is C[C@H]1CCCN(Cc2cc3c(c(C(F)(F)F)c2)CN(c2cc(-c4ccc(C#N)cc4-c4nncn4C)cc(-c4ccncc4)n2)C3=O)C1. The summed E-state index contributed by atoms with van der Waals surface area (Å²) < 4.78 is 45.4. The van der Waals surface area contributed by atoms with E-state index in [1.54, 1.807) is 72.8 Å². The Kier molecular flexibility index (Phi) is 8.01. The van der Waals surface area contributed by atoms with Gasteiger partial charge in [-0.2, -0.15) is 18.4 Å². The molecule has 1 saturated heterocycles. The molecule has 9 nitrogen and oxygen atoms in total. The molecule has 12 heteroatoms. The quantitative estimate of drug-likeness (QED) is 0.198. The van der Waals surface area contributed by atoms with Crippen LogP contribution in [0.1, 0.15) is 52.4 Å². The van der Waals surface area contributed by atoms with E-state index in [1.165, 1.54) is 11.0 Å². The van der Waals surface area contributed by atoms with Crippen molar-refractivity contribution in [3.63, 3.8) is 0 Å². The number of amides is 1. The van der Waals surface area contributed by atoms with Crippen molar-refractivity contribution in [1.82, 2.24) is 29.6 Å². The number of carbonyl (C=O) groups excluding carboxylic acids is 1. The minimum atomic E-state index is -4.64. The summed E-state index contributed by atoms with van der Waals surface area (Å²) in [7, 11) is 1.79. The predicted molar refractivity (Wildman–Crippen MR) is 173 cm³/mol. The predicted octanol–water partition coefficient (Wildman–Crippen LogP) is 6.89. The van der Waals surface area contributed by atoms with Gasteiger partial charge in [0.2, 0.25) is 0 Å². The fourth-order valence-electron chi connectivity index (χ4n) is 6.74. The maximum Gasteiger partial charge on any atom is 0.416 e. The third-order valence-electron chi connectivity index (χ3n) is 9.03. The maximum absolute atomic E-state index is 14.6. The molecule has 0 aliphatic carbocycles. The van der Waals surface area contributed by atoms with Crippen molar-refractivity contribution < 1.29 is 18.0 Å². The molecule has 0 saturated carbocycles. The molecule has 2 aromatic carbocycles. The lowest BCUT2D eigenvalue weighted by Crippen LogP contribution is -2.33. The normalized spacial score (nSPS) is 16.6. The van der Waals surface area contributed by atoms with E-state index >= 15 is 0 Å². The number of aryl methyl sites for hydroxylation is 1. The van der Waals surface area contributed by atoms with Gasteiger partial charge in [0.05, 0.1) is 29.4 Å². The summed E-state index contributed by atoms with van der Waals surface area (Å²) >= 11 is 0. The Balaban J connectivity index is 1.35. The van der Waals surface area contributed by atoms with Crippen molar-refractivity contribution in [1.29, 1.82) is 5.26 Å². The number of hydrogen-bond acceptors (Lipinski definition) is 7. The second-order valence-corrected chi connectivity index (χ2v) is 12.5. The monoisotopic (exact) mass is 648 g/mol. The summed E-state index contributed by atoms with van der Waals surface area (Å²) in [6.45, 7) is 3.83. The lowest BCUT2D eigenvalue weighted by molar-refractivity contribution is -0.138. The maximum atomic E-state index is 14.6. The number of rotatable bonds is 6. The number of pyridine rings is 2. The molecule has 0 radical (unpaired) electrons. The molecule has 2 aliphatic heterocycles. The lowest BCUT2D eigenvalue weighted by Gasteiger charge is -2.31. The van der Waals surface area contributed by atoms with Crippen LogP contribution < -0.4 is 4.90 Å². The van der Waals surface area contributed by atoms with Crippen molar-refractivity contribution in [2.75, 3.05) is 18.0 Å². The number of halogens is 3. The van der Waals surface area contributed by atoms with Gasteiger partial charge >= 0.3 is 6.18 Å². The van der Waals surface area contributed by atoms with Gasteiger partial charge in [0.15, 0.2) is 5.82 Å². The van der Waals surface area contributed by atoms with E-state index in [0.29, 0.717) is 57.4 Å². The van der Waals surface area contributed by atoms with Crippen LogP contribution in [0.15, 0.2) is 73.3 Å². The Hall–Kier alpha value is -5.41. The molecule has 0 bridgehead atoms. The zero-order chi connectivity index (χ0) is 33.6. The summed E-state index contributed by atoms with van der Waals surface area (Å²) in [5, 5.41) is 17.9. The summed E-state index contributed by atoms with van der Waals surface area (Å²) in [6, 6.07) is 17.2. The Morgan fingerprint density at radius 1 is 1.00 bits per heavy atom. The van der Waals surface area contributed by atoms with E-state index in [1.807, 2.05) is 6.07 Å². The van der Waals surface area contributed by atoms with Crippen molar-refractivity contribution in [2.24, 2.45) is 13.0 Å². The number of benzene rings is 2. The van der Waals surface area contributed by atoms with Gasteiger partial charge in [-0.05, 0) is 96.1 Å². The van der Waals surface area contributed by atoms with Gasteiger partial charge in [-0.1, -0.05) is 13.0 Å². The molecule has 0 unspecified atom stereocenters. The Morgan fingerprint density at radius 3 is 2.52 bits per heavy atom. The first-order valence-electron chi connectivity index (χ1n) is 15.7. The highest BCUT2D eigenvalue weighted by molar-refractivity contribution is 6.10. The van der Waals surface area contributed by atoms with Gasteiger partial charge in [-0.25, -0.2) is 4.98 Å². The van der Waals surface area contributed by atoms with E-state index in [4.69, 9.17) is 4.98 Å². The molecule has 2 aliphatic rings. The molecule has 0 spiro atoms. The first kappa shape index (κ1) is 31.2. The highest BCUT2D eigenvalue weighted by atomic mass is 19.4. The average Bonchev–Trinajstić information content (AvgIpc) is 3.66. The molecule has 7 rings (SSSR count). The van der Waals surface area contributed by atoms with Gasteiger partial charge in [0, 0.05) is 49.2 Å². The smallest absolute Gasteiger partial charge is 0.317 e. The van der Waals surface area contributed by atoms with Gasteiger partial charge in [-0.15, -0.1) is 10.2 Å². The summed E-state index contributed by atoms with van der Waals surface area (Å²) in [4.78, 5) is 26.5. The number of anilines is 1. The van der Waals surface area contributed by atoms with Gasteiger partial charge in [0.1, 0.15) is 12.1 Å². The number of aromatic nitrogens is 5. The van der Waals surface area contributed by atoms with Crippen molar-refractivity contribution in [3.05, 3.63) is 101 Å². The molecule has 0 N–H and O–H groups in total. The zero-order valence-electron chi connectivity index (χ0n) is 26.4. The van der Waals surface area contributed by atoms with E-state index in [9.17, 15) is 23.2 Å². The molecule has 3 aromatic heterocycles. The topological polar surface area (TPSA) is 104 Å². The third kappa shape index (κ3) is 5.93. The molecule has 5 aromatic rings. The highest BCUT2D eigenvalue weighted by Crippen LogP contribution is 2.41. The second kappa shape index (κ2) is 12.3. The van der Waals surface area contributed by atoms with Crippen molar-refractivity contribution >= 4 is 11.7 Å². The van der Waals surface area contributed by atoms with Crippen LogP contribution in [-0.4, -0.2) is 48.6 Å². The Labute approximate surface area is 275 Å². The van der Waals surface area contributed by atoms with E-state index in [-0.39, 0.29) is 23.5 Å². The second-order valence-electron chi connectivity index (χ2n) is 12.5. The van der Waals surface area contributed by atoms with Crippen LogP contribution in [-0.2, 0) is 26.3 Å². The first-order valence-corrected chi connectivity index (χ1v) is 15.7. The van der Waals surface area contributed by atoms with Crippen molar-refractivity contribution in [3.8, 4) is 39.8 Å². The highest BCUT2D eigenvalue weighted by Gasteiger charge is 2.41. The molecule has 1 atom stereocenters. The number of piperidine rings is 1. The standard InChI is InChI=1S/C36H31F3N8O/c1-22-4-3-11-46(18-22)19-24-13-29-30(31(14-24)36(37,38)39)20-47(35(29)48)33-16-26(15-32(43-33)25-7-9-41-10-8-25)27-6-5-23(17-40)12-28(27)34-44-42-21-45(34)2/h5-10,12-16,21-22H,3-4,11,18-20H2,1-2H3/t22-/m0/s1. The number of alkyl halides is 3. The van der Waals surface area contributed by atoms with Gasteiger partial charge in [-0.3, -0.25) is 19.6 Å². The van der Waals surface area contributed by atoms with Gasteiger partial charge in [0.25, 0.3) is 5.91 Å². The minimum Gasteiger partial charge on any atom is -0.317 e.